The maximum absolute atomic E-state index is 14.0. The minimum Gasteiger partial charge on any atom is -0.389 e. The lowest BCUT2D eigenvalue weighted by molar-refractivity contribution is -0.0613. The van der Waals surface area contributed by atoms with E-state index >= 15 is 0 Å². The summed E-state index contributed by atoms with van der Waals surface area (Å²) in [5.74, 6) is -0.0999. The molecule has 1 aromatic rings. The number of hydrogen-bond acceptors (Lipinski definition) is 3. The van der Waals surface area contributed by atoms with Crippen LogP contribution in [0, 0.1) is 11.7 Å². The average molecular weight is 293 g/mol. The van der Waals surface area contributed by atoms with Crippen LogP contribution in [0.3, 0.4) is 0 Å². The van der Waals surface area contributed by atoms with E-state index in [0.29, 0.717) is 5.56 Å². The van der Waals surface area contributed by atoms with Crippen LogP contribution in [0.1, 0.15) is 50.7 Å². The number of aliphatic hydroxyl groups excluding tert-OH is 1. The van der Waals surface area contributed by atoms with Crippen molar-refractivity contribution < 1.29 is 14.6 Å². The van der Waals surface area contributed by atoms with Crippen molar-refractivity contribution in [3.05, 3.63) is 29.6 Å². The predicted octanol–water partition coefficient (Wildman–Crippen LogP) is 3.01. The van der Waals surface area contributed by atoms with Crippen LogP contribution in [0.5, 0.6) is 0 Å². The summed E-state index contributed by atoms with van der Waals surface area (Å²) in [5.41, 5.74) is 0.615. The standard InChI is InChI=1S/C17H24FNO2/c1-12(20)16-14(18)6-4-7-15(16)19-10-9-17(21)8-3-2-5-13(17)11-19/h4,6-7,12-13,20-21H,2-3,5,8-11H2,1H3/t12-,13?,17?/m0/s1. The summed E-state index contributed by atoms with van der Waals surface area (Å²) < 4.78 is 14.0. The first-order valence-electron chi connectivity index (χ1n) is 7.95. The number of hydrogen-bond donors (Lipinski definition) is 2. The lowest BCUT2D eigenvalue weighted by Gasteiger charge is -2.48. The summed E-state index contributed by atoms with van der Waals surface area (Å²) in [4.78, 5) is 2.13. The van der Waals surface area contributed by atoms with Gasteiger partial charge in [-0.15, -0.1) is 0 Å². The Morgan fingerprint density at radius 3 is 2.90 bits per heavy atom. The summed E-state index contributed by atoms with van der Waals surface area (Å²) in [6.45, 7) is 3.07. The first kappa shape index (κ1) is 14.8. The molecule has 3 nitrogen and oxygen atoms in total. The Morgan fingerprint density at radius 1 is 1.33 bits per heavy atom. The molecular weight excluding hydrogens is 269 g/mol. The molecule has 0 bridgehead atoms. The molecule has 2 aliphatic rings. The normalized spacial score (nSPS) is 30.9. The Bertz CT molecular complexity index is 520. The third-order valence-electron chi connectivity index (χ3n) is 5.22. The molecule has 1 aromatic carbocycles. The molecule has 116 valence electrons. The Labute approximate surface area is 125 Å². The zero-order valence-electron chi connectivity index (χ0n) is 12.6. The third kappa shape index (κ3) is 2.67. The third-order valence-corrected chi connectivity index (χ3v) is 5.22. The van der Waals surface area contributed by atoms with E-state index < -0.39 is 11.7 Å². The van der Waals surface area contributed by atoms with Crippen LogP contribution in [0.15, 0.2) is 18.2 Å². The lowest BCUT2D eigenvalue weighted by atomic mass is 9.71. The fraction of sp³-hybridized carbons (Fsp3) is 0.647. The lowest BCUT2D eigenvalue weighted by Crippen LogP contribution is -2.53. The smallest absolute Gasteiger partial charge is 0.131 e. The van der Waals surface area contributed by atoms with Crippen molar-refractivity contribution in [2.24, 2.45) is 5.92 Å². The van der Waals surface area contributed by atoms with Crippen molar-refractivity contribution in [1.29, 1.82) is 0 Å². The minimum absolute atomic E-state index is 0.255. The van der Waals surface area contributed by atoms with Crippen LogP contribution in [0.4, 0.5) is 10.1 Å². The molecule has 0 amide bonds. The van der Waals surface area contributed by atoms with Gasteiger partial charge in [-0.2, -0.15) is 0 Å². The van der Waals surface area contributed by atoms with Gasteiger partial charge in [0.1, 0.15) is 5.82 Å². The summed E-state index contributed by atoms with van der Waals surface area (Å²) in [6.07, 6.45) is 4.09. The highest BCUT2D eigenvalue weighted by Gasteiger charge is 2.43. The molecule has 1 saturated carbocycles. The van der Waals surface area contributed by atoms with Gasteiger partial charge in [-0.25, -0.2) is 4.39 Å². The van der Waals surface area contributed by atoms with Gasteiger partial charge in [-0.3, -0.25) is 0 Å². The number of aliphatic hydroxyl groups is 2. The number of piperidine rings is 1. The molecular formula is C17H24FNO2. The van der Waals surface area contributed by atoms with Gasteiger partial charge in [0.2, 0.25) is 0 Å². The topological polar surface area (TPSA) is 43.7 Å². The maximum Gasteiger partial charge on any atom is 0.131 e. The number of halogens is 1. The highest BCUT2D eigenvalue weighted by atomic mass is 19.1. The number of nitrogens with zero attached hydrogens (tertiary/aromatic N) is 1. The maximum atomic E-state index is 14.0. The van der Waals surface area contributed by atoms with Crippen molar-refractivity contribution in [2.45, 2.75) is 50.7 Å². The van der Waals surface area contributed by atoms with Crippen molar-refractivity contribution in [2.75, 3.05) is 18.0 Å². The van der Waals surface area contributed by atoms with Gasteiger partial charge in [0, 0.05) is 30.3 Å². The molecule has 1 saturated heterocycles. The molecule has 4 heteroatoms. The number of benzene rings is 1. The van der Waals surface area contributed by atoms with Crippen LogP contribution in [0.2, 0.25) is 0 Å². The quantitative estimate of drug-likeness (QED) is 0.881. The van der Waals surface area contributed by atoms with Crippen LogP contribution in [-0.2, 0) is 0 Å². The second-order valence-electron chi connectivity index (χ2n) is 6.59. The molecule has 0 aromatic heterocycles. The van der Waals surface area contributed by atoms with Crippen LogP contribution in [-0.4, -0.2) is 28.9 Å². The fourth-order valence-corrected chi connectivity index (χ4v) is 4.00. The van der Waals surface area contributed by atoms with Crippen molar-refractivity contribution >= 4 is 5.69 Å². The minimum atomic E-state index is -0.826. The van der Waals surface area contributed by atoms with E-state index in [2.05, 4.69) is 4.90 Å². The van der Waals surface area contributed by atoms with E-state index in [0.717, 1.165) is 50.9 Å². The molecule has 21 heavy (non-hydrogen) atoms. The van der Waals surface area contributed by atoms with Gasteiger partial charge in [-0.05, 0) is 38.3 Å². The average Bonchev–Trinajstić information content (AvgIpc) is 2.45. The van der Waals surface area contributed by atoms with Crippen molar-refractivity contribution in [1.82, 2.24) is 0 Å². The zero-order chi connectivity index (χ0) is 15.0. The summed E-state index contributed by atoms with van der Waals surface area (Å²) in [6, 6.07) is 4.96. The zero-order valence-corrected chi connectivity index (χ0v) is 12.6. The Hall–Kier alpha value is -1.13. The Balaban J connectivity index is 1.87. The van der Waals surface area contributed by atoms with E-state index in [1.807, 2.05) is 6.07 Å². The first-order chi connectivity index (χ1) is 10.0. The predicted molar refractivity (Wildman–Crippen MR) is 80.8 cm³/mol. The molecule has 2 unspecified atom stereocenters. The molecule has 3 atom stereocenters. The highest BCUT2D eigenvalue weighted by Crippen LogP contribution is 2.42. The molecule has 1 aliphatic carbocycles. The number of fused-ring (bicyclic) bond motifs is 1. The van der Waals surface area contributed by atoms with Gasteiger partial charge >= 0.3 is 0 Å². The molecule has 2 N–H and O–H groups in total. The highest BCUT2D eigenvalue weighted by molar-refractivity contribution is 5.55. The van der Waals surface area contributed by atoms with Gasteiger partial charge in [0.25, 0.3) is 0 Å². The Morgan fingerprint density at radius 2 is 2.14 bits per heavy atom. The second kappa shape index (κ2) is 5.58. The number of anilines is 1. The second-order valence-corrected chi connectivity index (χ2v) is 6.59. The molecule has 0 spiro atoms. The van der Waals surface area contributed by atoms with Gasteiger partial charge < -0.3 is 15.1 Å². The summed E-state index contributed by atoms with van der Waals surface area (Å²) >= 11 is 0. The van der Waals surface area contributed by atoms with Crippen molar-refractivity contribution in [3.63, 3.8) is 0 Å². The molecule has 1 heterocycles. The van der Waals surface area contributed by atoms with E-state index in [-0.39, 0.29) is 11.7 Å². The fourth-order valence-electron chi connectivity index (χ4n) is 4.00. The summed E-state index contributed by atoms with van der Waals surface area (Å²) in [5, 5.41) is 20.6. The molecule has 0 radical (unpaired) electrons. The Kier molecular flexibility index (Phi) is 3.93. The molecule has 3 rings (SSSR count). The monoisotopic (exact) mass is 293 g/mol. The number of rotatable bonds is 2. The van der Waals surface area contributed by atoms with Gasteiger partial charge in [-0.1, -0.05) is 18.9 Å². The van der Waals surface area contributed by atoms with Crippen molar-refractivity contribution in [3.8, 4) is 0 Å². The van der Waals surface area contributed by atoms with Gasteiger partial charge in [0.05, 0.1) is 11.7 Å². The first-order valence-corrected chi connectivity index (χ1v) is 7.95. The SMILES string of the molecule is C[C@H](O)c1c(F)cccc1N1CCC2(O)CCCCC2C1. The van der Waals surface area contributed by atoms with Crippen LogP contribution < -0.4 is 4.90 Å². The summed E-state index contributed by atoms with van der Waals surface area (Å²) in [7, 11) is 0. The largest absolute Gasteiger partial charge is 0.389 e. The van der Waals surface area contributed by atoms with Crippen LogP contribution >= 0.6 is 0 Å². The molecule has 1 aliphatic heterocycles. The van der Waals surface area contributed by atoms with E-state index in [1.165, 1.54) is 6.07 Å². The van der Waals surface area contributed by atoms with E-state index in [1.54, 1.807) is 13.0 Å². The van der Waals surface area contributed by atoms with Crippen LogP contribution in [0.25, 0.3) is 0 Å². The van der Waals surface area contributed by atoms with E-state index in [4.69, 9.17) is 0 Å². The molecule has 2 fully saturated rings. The van der Waals surface area contributed by atoms with E-state index in [9.17, 15) is 14.6 Å². The van der Waals surface area contributed by atoms with Gasteiger partial charge in [0.15, 0.2) is 0 Å².